The van der Waals surface area contributed by atoms with E-state index in [0.717, 1.165) is 32.5 Å². The van der Waals surface area contributed by atoms with Crippen LogP contribution in [0.4, 0.5) is 0 Å². The highest BCUT2D eigenvalue weighted by Crippen LogP contribution is 2.19. The summed E-state index contributed by atoms with van der Waals surface area (Å²) < 4.78 is 6.72. The number of hydrogen-bond donors (Lipinski definition) is 0. The number of ether oxygens (including phenoxy) is 1. The molecule has 1 aromatic heterocycles. The van der Waals surface area contributed by atoms with Gasteiger partial charge in [-0.05, 0) is 50.6 Å². The fourth-order valence-electron chi connectivity index (χ4n) is 1.63. The molecular weight excluding hydrogens is 336 g/mol. The molecule has 0 aliphatic heterocycles. The number of nitrogens with zero attached hydrogens (tertiary/aromatic N) is 2. The monoisotopic (exact) mass is 352 g/mol. The van der Waals surface area contributed by atoms with E-state index in [1.54, 1.807) is 11.8 Å². The van der Waals surface area contributed by atoms with Crippen LogP contribution in [0.3, 0.4) is 0 Å². The van der Waals surface area contributed by atoms with E-state index in [0.29, 0.717) is 6.61 Å². The second-order valence-corrected chi connectivity index (χ2v) is 6.43. The molecule has 20 heavy (non-hydrogen) atoms. The molecule has 0 aliphatic rings. The number of benzene rings is 1. The van der Waals surface area contributed by atoms with Crippen LogP contribution in [0.1, 0.15) is 17.0 Å². The first-order chi connectivity index (χ1) is 9.56. The summed E-state index contributed by atoms with van der Waals surface area (Å²) in [5, 5.41) is 0.824. The molecule has 0 aliphatic carbocycles. The summed E-state index contributed by atoms with van der Waals surface area (Å²) in [4.78, 5) is 8.96. The Bertz CT molecular complexity index is 564. The minimum absolute atomic E-state index is 0.641. The van der Waals surface area contributed by atoms with Gasteiger partial charge in [-0.2, -0.15) is 0 Å². The topological polar surface area (TPSA) is 35.0 Å². The van der Waals surface area contributed by atoms with Gasteiger partial charge in [-0.15, -0.1) is 0 Å². The highest BCUT2D eigenvalue weighted by atomic mass is 79.9. The zero-order valence-electron chi connectivity index (χ0n) is 11.8. The number of aromatic nitrogens is 2. The maximum absolute atomic E-state index is 5.67. The van der Waals surface area contributed by atoms with Crippen molar-refractivity contribution in [1.29, 1.82) is 0 Å². The first-order valence-corrected chi connectivity index (χ1v) is 8.17. The van der Waals surface area contributed by atoms with E-state index in [4.69, 9.17) is 4.74 Å². The van der Waals surface area contributed by atoms with Crippen LogP contribution < -0.4 is 4.74 Å². The lowest BCUT2D eigenvalue weighted by Gasteiger charge is -2.08. The van der Waals surface area contributed by atoms with E-state index in [-0.39, 0.29) is 0 Å². The Kier molecular flexibility index (Phi) is 5.43. The Morgan fingerprint density at radius 2 is 1.65 bits per heavy atom. The molecule has 3 nitrogen and oxygen atoms in total. The van der Waals surface area contributed by atoms with E-state index in [1.165, 1.54) is 5.56 Å². The van der Waals surface area contributed by atoms with Crippen molar-refractivity contribution >= 4 is 27.7 Å². The third kappa shape index (κ3) is 4.21. The summed E-state index contributed by atoms with van der Waals surface area (Å²) in [6.07, 6.45) is 0. The summed E-state index contributed by atoms with van der Waals surface area (Å²) in [5.74, 6) is 1.71. The predicted octanol–water partition coefficient (Wildman–Crippen LogP) is 4.34. The molecule has 0 radical (unpaired) electrons. The molecule has 106 valence electrons. The van der Waals surface area contributed by atoms with Crippen LogP contribution in [0, 0.1) is 20.8 Å². The van der Waals surface area contributed by atoms with Gasteiger partial charge < -0.3 is 4.74 Å². The van der Waals surface area contributed by atoms with Crippen LogP contribution in [-0.2, 0) is 0 Å². The van der Waals surface area contributed by atoms with Gasteiger partial charge in [0.2, 0.25) is 0 Å². The van der Waals surface area contributed by atoms with Gasteiger partial charge in [-0.25, -0.2) is 9.97 Å². The molecule has 0 amide bonds. The maximum Gasteiger partial charge on any atom is 0.188 e. The fraction of sp³-hybridized carbons (Fsp3) is 0.333. The van der Waals surface area contributed by atoms with E-state index >= 15 is 0 Å². The summed E-state index contributed by atoms with van der Waals surface area (Å²) in [7, 11) is 0. The van der Waals surface area contributed by atoms with Crippen LogP contribution in [0.5, 0.6) is 5.75 Å². The van der Waals surface area contributed by atoms with Gasteiger partial charge in [0.05, 0.1) is 6.61 Å². The van der Waals surface area contributed by atoms with Crippen LogP contribution in [0.2, 0.25) is 0 Å². The summed E-state index contributed by atoms with van der Waals surface area (Å²) in [5.41, 5.74) is 3.27. The van der Waals surface area contributed by atoms with Crippen molar-refractivity contribution in [3.63, 3.8) is 0 Å². The Hall–Kier alpha value is -1.07. The van der Waals surface area contributed by atoms with Crippen molar-refractivity contribution in [3.8, 4) is 5.75 Å². The molecule has 0 bridgehead atoms. The van der Waals surface area contributed by atoms with Gasteiger partial charge in [0.25, 0.3) is 0 Å². The van der Waals surface area contributed by atoms with Crippen molar-refractivity contribution in [2.45, 2.75) is 25.9 Å². The minimum atomic E-state index is 0.641. The zero-order chi connectivity index (χ0) is 14.5. The lowest BCUT2D eigenvalue weighted by atomic mass is 10.2. The molecule has 0 fully saturated rings. The van der Waals surface area contributed by atoms with E-state index in [9.17, 15) is 0 Å². The molecule has 0 N–H and O–H groups in total. The molecular formula is C15H17BrN2OS. The standard InChI is InChI=1S/C15H17BrN2OS/c1-10-11(2)17-15(18-12(10)3)20-9-8-19-14-6-4-13(16)5-7-14/h4-7H,8-9H2,1-3H3. The molecule has 1 aromatic carbocycles. The normalized spacial score (nSPS) is 10.6. The average Bonchev–Trinajstić information content (AvgIpc) is 2.43. The van der Waals surface area contributed by atoms with Crippen molar-refractivity contribution < 1.29 is 4.74 Å². The lowest BCUT2D eigenvalue weighted by Crippen LogP contribution is -2.03. The Morgan fingerprint density at radius 1 is 1.05 bits per heavy atom. The van der Waals surface area contributed by atoms with Crippen molar-refractivity contribution in [2.24, 2.45) is 0 Å². The number of halogens is 1. The van der Waals surface area contributed by atoms with E-state index < -0.39 is 0 Å². The molecule has 0 saturated carbocycles. The summed E-state index contributed by atoms with van der Waals surface area (Å²) >= 11 is 5.02. The molecule has 0 spiro atoms. The van der Waals surface area contributed by atoms with E-state index in [1.807, 2.05) is 38.1 Å². The van der Waals surface area contributed by atoms with Gasteiger partial charge in [-0.3, -0.25) is 0 Å². The van der Waals surface area contributed by atoms with Crippen molar-refractivity contribution in [2.75, 3.05) is 12.4 Å². The van der Waals surface area contributed by atoms with Crippen LogP contribution >= 0.6 is 27.7 Å². The quantitative estimate of drug-likeness (QED) is 0.455. The van der Waals surface area contributed by atoms with Gasteiger partial charge in [-0.1, -0.05) is 27.7 Å². The van der Waals surface area contributed by atoms with Crippen molar-refractivity contribution in [1.82, 2.24) is 9.97 Å². The maximum atomic E-state index is 5.67. The van der Waals surface area contributed by atoms with Gasteiger partial charge in [0.15, 0.2) is 5.16 Å². The number of rotatable bonds is 5. The smallest absolute Gasteiger partial charge is 0.188 e. The summed E-state index contributed by atoms with van der Waals surface area (Å²) in [6.45, 7) is 6.73. The Balaban J connectivity index is 1.83. The first kappa shape index (κ1) is 15.3. The number of thioether (sulfide) groups is 1. The van der Waals surface area contributed by atoms with Crippen LogP contribution in [0.15, 0.2) is 33.9 Å². The SMILES string of the molecule is Cc1nc(SCCOc2ccc(Br)cc2)nc(C)c1C. The summed E-state index contributed by atoms with van der Waals surface area (Å²) in [6, 6.07) is 7.84. The van der Waals surface area contributed by atoms with E-state index in [2.05, 4.69) is 32.8 Å². The third-order valence-corrected chi connectivity index (χ3v) is 4.35. The lowest BCUT2D eigenvalue weighted by molar-refractivity contribution is 0.344. The molecule has 2 aromatic rings. The van der Waals surface area contributed by atoms with Crippen molar-refractivity contribution in [3.05, 3.63) is 45.7 Å². The minimum Gasteiger partial charge on any atom is -0.493 e. The molecule has 2 rings (SSSR count). The molecule has 1 heterocycles. The zero-order valence-corrected chi connectivity index (χ0v) is 14.2. The molecule has 5 heteroatoms. The highest BCUT2D eigenvalue weighted by molar-refractivity contribution is 9.10. The predicted molar refractivity (Wildman–Crippen MR) is 86.6 cm³/mol. The molecule has 0 atom stereocenters. The highest BCUT2D eigenvalue weighted by Gasteiger charge is 2.05. The Labute approximate surface area is 132 Å². The Morgan fingerprint density at radius 3 is 2.25 bits per heavy atom. The largest absolute Gasteiger partial charge is 0.493 e. The third-order valence-electron chi connectivity index (χ3n) is 3.01. The van der Waals surface area contributed by atoms with Crippen LogP contribution in [0.25, 0.3) is 0 Å². The average molecular weight is 353 g/mol. The van der Waals surface area contributed by atoms with Gasteiger partial charge in [0, 0.05) is 21.6 Å². The fourth-order valence-corrected chi connectivity index (χ4v) is 2.65. The van der Waals surface area contributed by atoms with Gasteiger partial charge >= 0.3 is 0 Å². The van der Waals surface area contributed by atoms with Crippen LogP contribution in [-0.4, -0.2) is 22.3 Å². The number of hydrogen-bond acceptors (Lipinski definition) is 4. The second-order valence-electron chi connectivity index (χ2n) is 4.45. The first-order valence-electron chi connectivity index (χ1n) is 6.39. The number of aryl methyl sites for hydroxylation is 2. The molecule has 0 unspecified atom stereocenters. The second kappa shape index (κ2) is 7.09. The van der Waals surface area contributed by atoms with Gasteiger partial charge in [0.1, 0.15) is 5.75 Å². The molecule has 0 saturated heterocycles.